The van der Waals surface area contributed by atoms with E-state index in [2.05, 4.69) is 5.32 Å². The summed E-state index contributed by atoms with van der Waals surface area (Å²) in [6.45, 7) is -0.675. The number of halogens is 3. The number of carbonyl (C=O) groups excluding carboxylic acids is 2. The van der Waals surface area contributed by atoms with Gasteiger partial charge in [0, 0.05) is 0 Å². The van der Waals surface area contributed by atoms with E-state index in [1.54, 1.807) is 11.4 Å². The van der Waals surface area contributed by atoms with Gasteiger partial charge >= 0.3 is 0 Å². The van der Waals surface area contributed by atoms with E-state index in [0.29, 0.717) is 4.31 Å². The lowest BCUT2D eigenvalue weighted by atomic mass is 10.2. The maximum atomic E-state index is 12.5. The van der Waals surface area contributed by atoms with Gasteiger partial charge < -0.3 is 10.6 Å². The first-order valence-corrected chi connectivity index (χ1v) is 11.1. The van der Waals surface area contributed by atoms with E-state index in [-0.39, 0.29) is 16.5 Å². The zero-order chi connectivity index (χ0) is 19.8. The summed E-state index contributed by atoms with van der Waals surface area (Å²) in [5, 5.41) is 4.33. The van der Waals surface area contributed by atoms with E-state index in [1.165, 1.54) is 18.2 Å². The molecule has 0 radical (unpaired) electrons. The van der Waals surface area contributed by atoms with Crippen LogP contribution in [-0.4, -0.2) is 47.1 Å². The fraction of sp³-hybridized carbons (Fsp3) is 0.500. The van der Waals surface area contributed by atoms with E-state index < -0.39 is 38.3 Å². The van der Waals surface area contributed by atoms with Crippen molar-refractivity contribution in [1.29, 1.82) is 0 Å². The van der Waals surface area contributed by atoms with Crippen LogP contribution < -0.4 is 10.6 Å². The Morgan fingerprint density at radius 3 is 2.48 bits per heavy atom. The highest BCUT2D eigenvalue weighted by Gasteiger charge is 2.44. The third-order valence-corrected chi connectivity index (χ3v) is 7.23. The molecule has 0 unspecified atom stereocenters. The topological polar surface area (TPSA) is 100 Å². The van der Waals surface area contributed by atoms with Crippen LogP contribution in [0.1, 0.15) is 36.0 Å². The Balaban J connectivity index is 1.72. The molecule has 7 nitrogen and oxygen atoms in total. The van der Waals surface area contributed by atoms with Crippen LogP contribution in [0.3, 0.4) is 0 Å². The molecule has 1 aliphatic carbocycles. The van der Waals surface area contributed by atoms with Gasteiger partial charge in [-0.3, -0.25) is 9.59 Å². The van der Waals surface area contributed by atoms with Crippen LogP contribution in [0.4, 0.5) is 0 Å². The largest absolute Gasteiger partial charge is 0.321 e. The van der Waals surface area contributed by atoms with Crippen molar-refractivity contribution in [2.45, 2.75) is 46.6 Å². The van der Waals surface area contributed by atoms with Crippen LogP contribution in [0.2, 0.25) is 0 Å². The Kier molecular flexibility index (Phi) is 5.93. The lowest BCUT2D eigenvalue weighted by Gasteiger charge is -2.26. The van der Waals surface area contributed by atoms with Crippen molar-refractivity contribution in [3.63, 3.8) is 0 Å². The van der Waals surface area contributed by atoms with Crippen LogP contribution >= 0.6 is 34.8 Å². The average molecular weight is 456 g/mol. The molecule has 0 bridgehead atoms. The summed E-state index contributed by atoms with van der Waals surface area (Å²) >= 11 is 17.9. The van der Waals surface area contributed by atoms with Gasteiger partial charge in [0.25, 0.3) is 19.7 Å². The van der Waals surface area contributed by atoms with Crippen molar-refractivity contribution < 1.29 is 23.3 Å². The molecule has 1 heterocycles. The minimum absolute atomic E-state index is 0.0424. The minimum Gasteiger partial charge on any atom is -0.321 e. The molecule has 1 aromatic carbocycles. The Morgan fingerprint density at radius 1 is 1.26 bits per heavy atom. The molecular formula is C16H19Cl3N3O4S+. The molecule has 0 saturated heterocycles. The second-order valence-electron chi connectivity index (χ2n) is 6.64. The normalized spacial score (nSPS) is 20.6. The van der Waals surface area contributed by atoms with E-state index in [0.717, 1.165) is 25.7 Å². The van der Waals surface area contributed by atoms with E-state index in [4.69, 9.17) is 34.8 Å². The Bertz CT molecular complexity index is 851. The van der Waals surface area contributed by atoms with Gasteiger partial charge in [0.15, 0.2) is 0 Å². The molecule has 1 atom stereocenters. The molecule has 3 N–H and O–H groups in total. The van der Waals surface area contributed by atoms with Gasteiger partial charge in [-0.1, -0.05) is 46.9 Å². The maximum absolute atomic E-state index is 12.5. The SMILES string of the molecule is O=C(CN1C(=O)c2ccccc2S1(=O)=O)N[C@H]([NH2+]C1CCCC1)C(Cl)(Cl)Cl. The van der Waals surface area contributed by atoms with Crippen LogP contribution in [0, 0.1) is 0 Å². The smallest absolute Gasteiger partial charge is 0.269 e. The summed E-state index contributed by atoms with van der Waals surface area (Å²) in [6, 6.07) is 6.03. The number of nitrogens with zero attached hydrogens (tertiary/aromatic N) is 1. The highest BCUT2D eigenvalue weighted by Crippen LogP contribution is 2.30. The van der Waals surface area contributed by atoms with Crippen LogP contribution in [0.15, 0.2) is 29.2 Å². The fourth-order valence-corrected chi connectivity index (χ4v) is 5.30. The molecule has 27 heavy (non-hydrogen) atoms. The standard InChI is InChI=1S/C16H18Cl3N3O4S/c17-16(18,19)15(20-10-5-1-2-6-10)21-13(23)9-22-14(24)11-7-3-4-8-12(11)27(22,25)26/h3-4,7-8,10,15,20H,1-2,5-6,9H2,(H,21,23)/p+1/t15-/m0/s1. The predicted octanol–water partition coefficient (Wildman–Crippen LogP) is 1.15. The summed E-state index contributed by atoms with van der Waals surface area (Å²) in [4.78, 5) is 24.7. The number of hydrogen-bond donors (Lipinski definition) is 2. The van der Waals surface area contributed by atoms with Crippen molar-refractivity contribution in [3.8, 4) is 0 Å². The summed E-state index contributed by atoms with van der Waals surface area (Å²) in [7, 11) is -4.07. The first kappa shape index (κ1) is 20.7. The van der Waals surface area contributed by atoms with Crippen molar-refractivity contribution in [1.82, 2.24) is 9.62 Å². The predicted molar refractivity (Wildman–Crippen MR) is 101 cm³/mol. The molecule has 1 fully saturated rings. The Labute approximate surface area is 172 Å². The zero-order valence-corrected chi connectivity index (χ0v) is 17.3. The Morgan fingerprint density at radius 2 is 1.89 bits per heavy atom. The molecule has 148 valence electrons. The highest BCUT2D eigenvalue weighted by atomic mass is 35.6. The molecule has 0 spiro atoms. The fourth-order valence-electron chi connectivity index (χ4n) is 3.40. The number of hydrogen-bond acceptors (Lipinski definition) is 4. The van der Waals surface area contributed by atoms with Gasteiger partial charge in [0.2, 0.25) is 12.1 Å². The number of carbonyl (C=O) groups is 2. The molecule has 2 amide bonds. The summed E-state index contributed by atoms with van der Waals surface area (Å²) in [6.07, 6.45) is 3.14. The average Bonchev–Trinajstić information content (AvgIpc) is 3.16. The number of benzene rings is 1. The molecule has 11 heteroatoms. The number of amides is 2. The number of sulfonamides is 1. The van der Waals surface area contributed by atoms with E-state index in [1.807, 2.05) is 0 Å². The van der Waals surface area contributed by atoms with Crippen molar-refractivity contribution in [2.24, 2.45) is 0 Å². The molecule has 0 aromatic heterocycles. The monoisotopic (exact) mass is 454 g/mol. The number of fused-ring (bicyclic) bond motifs is 1. The maximum Gasteiger partial charge on any atom is 0.269 e. The molecule has 3 rings (SSSR count). The van der Waals surface area contributed by atoms with Crippen LogP contribution in [0.25, 0.3) is 0 Å². The van der Waals surface area contributed by atoms with Gasteiger partial charge in [0.05, 0.1) is 11.6 Å². The number of rotatable bonds is 5. The second kappa shape index (κ2) is 7.75. The van der Waals surface area contributed by atoms with Gasteiger partial charge in [-0.15, -0.1) is 0 Å². The minimum atomic E-state index is -4.07. The third-order valence-electron chi connectivity index (χ3n) is 4.73. The quantitative estimate of drug-likeness (QED) is 0.514. The van der Waals surface area contributed by atoms with Crippen LogP contribution in [-0.2, 0) is 14.8 Å². The number of nitrogens with two attached hydrogens (primary N) is 1. The third kappa shape index (κ3) is 4.35. The number of quaternary nitrogens is 1. The lowest BCUT2D eigenvalue weighted by Crippen LogP contribution is -3.00. The van der Waals surface area contributed by atoms with E-state index in [9.17, 15) is 18.0 Å². The van der Waals surface area contributed by atoms with Crippen molar-refractivity contribution >= 4 is 56.6 Å². The van der Waals surface area contributed by atoms with Crippen LogP contribution in [0.5, 0.6) is 0 Å². The zero-order valence-electron chi connectivity index (χ0n) is 14.2. The number of alkyl halides is 3. The van der Waals surface area contributed by atoms with Gasteiger partial charge in [-0.2, -0.15) is 0 Å². The van der Waals surface area contributed by atoms with Crippen molar-refractivity contribution in [3.05, 3.63) is 29.8 Å². The lowest BCUT2D eigenvalue weighted by molar-refractivity contribution is -0.722. The molecular weight excluding hydrogens is 437 g/mol. The second-order valence-corrected chi connectivity index (χ2v) is 10.8. The Hall–Kier alpha value is -1.06. The summed E-state index contributed by atoms with van der Waals surface area (Å²) < 4.78 is 23.8. The van der Waals surface area contributed by atoms with Gasteiger partial charge in [-0.05, 0) is 37.8 Å². The van der Waals surface area contributed by atoms with Gasteiger partial charge in [0.1, 0.15) is 11.4 Å². The van der Waals surface area contributed by atoms with Gasteiger partial charge in [-0.25, -0.2) is 12.7 Å². The summed E-state index contributed by atoms with van der Waals surface area (Å²) in [5.74, 6) is -1.46. The molecule has 1 aromatic rings. The molecule has 2 aliphatic rings. The first-order chi connectivity index (χ1) is 12.6. The van der Waals surface area contributed by atoms with Crippen molar-refractivity contribution in [2.75, 3.05) is 6.54 Å². The molecule has 1 aliphatic heterocycles. The van der Waals surface area contributed by atoms with E-state index >= 15 is 0 Å². The summed E-state index contributed by atoms with van der Waals surface area (Å²) in [5.41, 5.74) is 0.0424. The number of nitrogens with one attached hydrogen (secondary N) is 1. The molecule has 1 saturated carbocycles. The highest BCUT2D eigenvalue weighted by molar-refractivity contribution is 7.90. The first-order valence-electron chi connectivity index (χ1n) is 8.48.